The quantitative estimate of drug-likeness (QED) is 0.822. The Hall–Kier alpha value is -1.92. The SMILES string of the molecule is O=C(Nc1ccc(F)cc1)N1CCCCCC1CC(O)c1cccs1. The number of nitrogens with one attached hydrogen (secondary N) is 1. The first-order valence-electron chi connectivity index (χ1n) is 8.68. The number of likely N-dealkylation sites (tertiary alicyclic amines) is 1. The first-order valence-corrected chi connectivity index (χ1v) is 9.56. The van der Waals surface area contributed by atoms with Gasteiger partial charge in [-0.1, -0.05) is 18.9 Å². The third-order valence-corrected chi connectivity index (χ3v) is 5.57. The van der Waals surface area contributed by atoms with E-state index >= 15 is 0 Å². The van der Waals surface area contributed by atoms with Crippen LogP contribution in [0.3, 0.4) is 0 Å². The zero-order chi connectivity index (χ0) is 17.6. The Morgan fingerprint density at radius 1 is 1.28 bits per heavy atom. The van der Waals surface area contributed by atoms with Gasteiger partial charge in [-0.3, -0.25) is 0 Å². The highest BCUT2D eigenvalue weighted by atomic mass is 32.1. The third-order valence-electron chi connectivity index (χ3n) is 4.60. The number of carbonyl (C=O) groups excluding carboxylic acids is 1. The van der Waals surface area contributed by atoms with Crippen LogP contribution in [-0.4, -0.2) is 28.6 Å². The minimum absolute atomic E-state index is 0.0000448. The normalized spacial score (nSPS) is 19.3. The number of aliphatic hydroxyl groups excluding tert-OH is 1. The van der Waals surface area contributed by atoms with Gasteiger partial charge >= 0.3 is 6.03 Å². The van der Waals surface area contributed by atoms with E-state index in [1.54, 1.807) is 12.1 Å². The second-order valence-corrected chi connectivity index (χ2v) is 7.38. The second kappa shape index (κ2) is 8.45. The van der Waals surface area contributed by atoms with Crippen molar-refractivity contribution in [3.05, 3.63) is 52.5 Å². The molecule has 0 radical (unpaired) electrons. The zero-order valence-corrected chi connectivity index (χ0v) is 14.8. The van der Waals surface area contributed by atoms with Crippen LogP contribution in [0.25, 0.3) is 0 Å². The van der Waals surface area contributed by atoms with Crippen LogP contribution in [-0.2, 0) is 0 Å². The van der Waals surface area contributed by atoms with Crippen molar-refractivity contribution in [2.75, 3.05) is 11.9 Å². The van der Waals surface area contributed by atoms with Crippen LogP contribution in [0.4, 0.5) is 14.9 Å². The fourth-order valence-corrected chi connectivity index (χ4v) is 4.00. The molecule has 0 aliphatic carbocycles. The van der Waals surface area contributed by atoms with Crippen LogP contribution in [0.2, 0.25) is 0 Å². The Morgan fingerprint density at radius 2 is 2.08 bits per heavy atom. The summed E-state index contributed by atoms with van der Waals surface area (Å²) in [6.45, 7) is 0.675. The molecule has 6 heteroatoms. The molecule has 2 heterocycles. The summed E-state index contributed by atoms with van der Waals surface area (Å²) in [5.41, 5.74) is 0.577. The molecular formula is C19H23FN2O2S. The number of rotatable bonds is 4. The molecule has 2 amide bonds. The molecule has 2 atom stereocenters. The summed E-state index contributed by atoms with van der Waals surface area (Å²) in [7, 11) is 0. The average Bonchev–Trinajstić information content (AvgIpc) is 3.04. The van der Waals surface area contributed by atoms with Crippen molar-refractivity contribution < 1.29 is 14.3 Å². The van der Waals surface area contributed by atoms with Gasteiger partial charge in [0.15, 0.2) is 0 Å². The molecule has 25 heavy (non-hydrogen) atoms. The summed E-state index contributed by atoms with van der Waals surface area (Å²) in [5, 5.41) is 15.3. The average molecular weight is 362 g/mol. The minimum Gasteiger partial charge on any atom is -0.387 e. The van der Waals surface area contributed by atoms with E-state index in [9.17, 15) is 14.3 Å². The maximum atomic E-state index is 13.0. The lowest BCUT2D eigenvalue weighted by Gasteiger charge is -2.31. The van der Waals surface area contributed by atoms with E-state index in [4.69, 9.17) is 0 Å². The van der Waals surface area contributed by atoms with Crippen LogP contribution in [0.5, 0.6) is 0 Å². The van der Waals surface area contributed by atoms with Crippen LogP contribution in [0, 0.1) is 5.82 Å². The molecule has 2 aromatic rings. The van der Waals surface area contributed by atoms with Gasteiger partial charge in [0.25, 0.3) is 0 Å². The highest BCUT2D eigenvalue weighted by Gasteiger charge is 2.28. The Morgan fingerprint density at radius 3 is 2.80 bits per heavy atom. The van der Waals surface area contributed by atoms with Crippen molar-refractivity contribution in [2.24, 2.45) is 0 Å². The highest BCUT2D eigenvalue weighted by molar-refractivity contribution is 7.10. The van der Waals surface area contributed by atoms with Gasteiger partial charge in [-0.05, 0) is 55.0 Å². The molecule has 2 N–H and O–H groups in total. The molecule has 1 aliphatic heterocycles. The van der Waals surface area contributed by atoms with Crippen molar-refractivity contribution in [1.29, 1.82) is 0 Å². The number of amides is 2. The van der Waals surface area contributed by atoms with Gasteiger partial charge in [0.2, 0.25) is 0 Å². The predicted molar refractivity (Wildman–Crippen MR) is 98.3 cm³/mol. The second-order valence-electron chi connectivity index (χ2n) is 6.40. The lowest BCUT2D eigenvalue weighted by atomic mass is 10.0. The zero-order valence-electron chi connectivity index (χ0n) is 14.0. The molecule has 0 bridgehead atoms. The maximum absolute atomic E-state index is 13.0. The number of carbonyl (C=O) groups is 1. The van der Waals surface area contributed by atoms with Gasteiger partial charge in [-0.25, -0.2) is 9.18 Å². The van der Waals surface area contributed by atoms with Gasteiger partial charge in [0.1, 0.15) is 5.82 Å². The summed E-state index contributed by atoms with van der Waals surface area (Å²) in [5.74, 6) is -0.329. The van der Waals surface area contributed by atoms with E-state index in [0.29, 0.717) is 18.7 Å². The Kier molecular flexibility index (Phi) is 6.04. The molecule has 134 valence electrons. The van der Waals surface area contributed by atoms with Gasteiger partial charge in [0.05, 0.1) is 6.10 Å². The molecule has 1 saturated heterocycles. The number of urea groups is 1. The van der Waals surface area contributed by atoms with Gasteiger partial charge in [-0.15, -0.1) is 11.3 Å². The molecule has 2 unspecified atom stereocenters. The number of thiophene rings is 1. The number of hydrogen-bond acceptors (Lipinski definition) is 3. The van der Waals surface area contributed by atoms with Crippen LogP contribution in [0.1, 0.15) is 43.1 Å². The number of nitrogens with zero attached hydrogens (tertiary/aromatic N) is 1. The van der Waals surface area contributed by atoms with Crippen LogP contribution >= 0.6 is 11.3 Å². The monoisotopic (exact) mass is 362 g/mol. The highest BCUT2D eigenvalue weighted by Crippen LogP contribution is 2.29. The number of aliphatic hydroxyl groups is 1. The predicted octanol–water partition coefficient (Wildman–Crippen LogP) is 4.79. The van der Waals surface area contributed by atoms with E-state index in [0.717, 1.165) is 30.6 Å². The van der Waals surface area contributed by atoms with E-state index in [1.807, 2.05) is 22.4 Å². The summed E-state index contributed by atoms with van der Waals surface area (Å²) in [4.78, 5) is 15.5. The lowest BCUT2D eigenvalue weighted by Crippen LogP contribution is -2.43. The number of anilines is 1. The Labute approximate surface area is 151 Å². The van der Waals surface area contributed by atoms with E-state index in [-0.39, 0.29) is 17.9 Å². The van der Waals surface area contributed by atoms with Crippen LogP contribution in [0.15, 0.2) is 41.8 Å². The van der Waals surface area contributed by atoms with Crippen LogP contribution < -0.4 is 5.32 Å². The number of halogens is 1. The van der Waals surface area contributed by atoms with E-state index < -0.39 is 6.10 Å². The molecule has 4 nitrogen and oxygen atoms in total. The molecular weight excluding hydrogens is 339 g/mol. The summed E-state index contributed by atoms with van der Waals surface area (Å²) < 4.78 is 13.0. The van der Waals surface area contributed by atoms with Gasteiger partial charge < -0.3 is 15.3 Å². The fourth-order valence-electron chi connectivity index (χ4n) is 3.27. The van der Waals surface area contributed by atoms with E-state index in [1.165, 1.54) is 23.5 Å². The summed E-state index contributed by atoms with van der Waals surface area (Å²) >= 11 is 1.53. The van der Waals surface area contributed by atoms with Crippen molar-refractivity contribution in [1.82, 2.24) is 4.90 Å². The van der Waals surface area contributed by atoms with Crippen molar-refractivity contribution >= 4 is 23.1 Å². The first-order chi connectivity index (χ1) is 12.1. The topological polar surface area (TPSA) is 52.6 Å². The molecule has 3 rings (SSSR count). The number of benzene rings is 1. The van der Waals surface area contributed by atoms with E-state index in [2.05, 4.69) is 5.32 Å². The fraction of sp³-hybridized carbons (Fsp3) is 0.421. The maximum Gasteiger partial charge on any atom is 0.322 e. The molecule has 1 aliphatic rings. The molecule has 1 fully saturated rings. The smallest absolute Gasteiger partial charge is 0.322 e. The Bertz CT molecular complexity index is 675. The van der Waals surface area contributed by atoms with Gasteiger partial charge in [0, 0.05) is 23.2 Å². The standard InChI is InChI=1S/C19H23FN2O2S/c20-14-7-9-15(10-8-14)21-19(24)22-11-3-1-2-5-16(22)13-17(23)18-6-4-12-25-18/h4,6-10,12,16-17,23H,1-3,5,11,13H2,(H,21,24). The van der Waals surface area contributed by atoms with Gasteiger partial charge in [-0.2, -0.15) is 0 Å². The summed E-state index contributed by atoms with van der Waals surface area (Å²) in [6, 6.07) is 9.44. The van der Waals surface area contributed by atoms with Crippen molar-refractivity contribution in [2.45, 2.75) is 44.2 Å². The minimum atomic E-state index is -0.552. The lowest BCUT2D eigenvalue weighted by molar-refractivity contribution is 0.118. The third kappa shape index (κ3) is 4.80. The molecule has 1 aromatic carbocycles. The van der Waals surface area contributed by atoms with Crippen molar-refractivity contribution in [3.63, 3.8) is 0 Å². The number of hydrogen-bond donors (Lipinski definition) is 2. The summed E-state index contributed by atoms with van der Waals surface area (Å²) in [6.07, 6.45) is 3.98. The first kappa shape index (κ1) is 17.9. The Balaban J connectivity index is 1.68. The largest absolute Gasteiger partial charge is 0.387 e. The molecule has 0 spiro atoms. The molecule has 1 aromatic heterocycles. The van der Waals surface area contributed by atoms with Crippen molar-refractivity contribution in [3.8, 4) is 0 Å². The molecule has 0 saturated carbocycles.